The first-order valence-corrected chi connectivity index (χ1v) is 9.32. The van der Waals surface area contributed by atoms with E-state index in [2.05, 4.69) is 24.1 Å². The maximum absolute atomic E-state index is 12.8. The Labute approximate surface area is 129 Å². The zero-order valence-corrected chi connectivity index (χ0v) is 13.8. The highest BCUT2D eigenvalue weighted by Crippen LogP contribution is 2.37. The Morgan fingerprint density at radius 2 is 1.67 bits per heavy atom. The van der Waals surface area contributed by atoms with Gasteiger partial charge in [-0.3, -0.25) is 10.1 Å². The lowest BCUT2D eigenvalue weighted by molar-refractivity contribution is -0.134. The largest absolute Gasteiger partial charge is 0.323 e. The van der Waals surface area contributed by atoms with Crippen molar-refractivity contribution >= 4 is 5.91 Å². The van der Waals surface area contributed by atoms with Gasteiger partial charge in [0.25, 0.3) is 0 Å². The zero-order valence-electron chi connectivity index (χ0n) is 13.8. The van der Waals surface area contributed by atoms with E-state index < -0.39 is 0 Å². The maximum Gasteiger partial charge on any atom is 0.241 e. The number of hydrogen-bond acceptors (Lipinski definition) is 2. The molecule has 0 radical (unpaired) electrons. The highest BCUT2D eigenvalue weighted by molar-refractivity contribution is 5.84. The van der Waals surface area contributed by atoms with Gasteiger partial charge in [0.15, 0.2) is 0 Å². The summed E-state index contributed by atoms with van der Waals surface area (Å²) in [5.41, 5.74) is 0. The van der Waals surface area contributed by atoms with Crippen molar-refractivity contribution in [3.63, 3.8) is 0 Å². The molecule has 0 aromatic rings. The molecule has 3 fully saturated rings. The Morgan fingerprint density at radius 1 is 1.00 bits per heavy atom. The molecule has 1 saturated heterocycles. The van der Waals surface area contributed by atoms with Crippen LogP contribution in [0.3, 0.4) is 0 Å². The van der Waals surface area contributed by atoms with Gasteiger partial charge in [0.2, 0.25) is 5.91 Å². The predicted octanol–water partition coefficient (Wildman–Crippen LogP) is 3.68. The molecule has 2 aliphatic carbocycles. The monoisotopic (exact) mass is 292 g/mol. The first kappa shape index (κ1) is 15.3. The number of carbonyl (C=O) groups is 1. The molecule has 3 heteroatoms. The Morgan fingerprint density at radius 3 is 2.24 bits per heavy atom. The Balaban J connectivity index is 1.71. The minimum Gasteiger partial charge on any atom is -0.323 e. The van der Waals surface area contributed by atoms with E-state index in [-0.39, 0.29) is 6.04 Å². The van der Waals surface area contributed by atoms with Crippen LogP contribution in [0.1, 0.15) is 78.1 Å². The van der Waals surface area contributed by atoms with E-state index in [1.54, 1.807) is 0 Å². The van der Waals surface area contributed by atoms with Crippen LogP contribution in [0, 0.1) is 11.8 Å². The number of amides is 1. The molecule has 1 aliphatic heterocycles. The molecule has 0 bridgehead atoms. The van der Waals surface area contributed by atoms with Crippen LogP contribution >= 0.6 is 0 Å². The molecule has 1 heterocycles. The van der Waals surface area contributed by atoms with Gasteiger partial charge in [-0.1, -0.05) is 33.1 Å². The number of hydrogen-bond donors (Lipinski definition) is 1. The SMILES string of the molecule is CCC1CCC(N2C(=O)C(CC)NC2C2CCCC2)CC1. The number of nitrogens with one attached hydrogen (secondary N) is 1. The standard InChI is InChI=1S/C18H32N2O/c1-3-13-9-11-15(12-10-13)20-17(14-7-5-6-8-14)19-16(4-2)18(20)21/h13-17,19H,3-12H2,1-2H3. The molecule has 21 heavy (non-hydrogen) atoms. The van der Waals surface area contributed by atoms with E-state index in [0.717, 1.165) is 12.3 Å². The molecule has 3 aliphatic rings. The maximum atomic E-state index is 12.8. The smallest absolute Gasteiger partial charge is 0.241 e. The Bertz CT molecular complexity index is 356. The summed E-state index contributed by atoms with van der Waals surface area (Å²) in [4.78, 5) is 15.1. The lowest BCUT2D eigenvalue weighted by Gasteiger charge is -2.39. The summed E-state index contributed by atoms with van der Waals surface area (Å²) in [6.07, 6.45) is 13.0. The van der Waals surface area contributed by atoms with Crippen LogP contribution in [0.15, 0.2) is 0 Å². The summed E-state index contributed by atoms with van der Waals surface area (Å²) in [5.74, 6) is 2.00. The second kappa shape index (κ2) is 6.68. The molecular weight excluding hydrogens is 260 g/mol. The van der Waals surface area contributed by atoms with Gasteiger partial charge in [0.05, 0.1) is 12.2 Å². The van der Waals surface area contributed by atoms with Gasteiger partial charge in [-0.25, -0.2) is 0 Å². The quantitative estimate of drug-likeness (QED) is 0.857. The van der Waals surface area contributed by atoms with Crippen molar-refractivity contribution in [3.8, 4) is 0 Å². The van der Waals surface area contributed by atoms with Crippen LogP contribution in [0.25, 0.3) is 0 Å². The van der Waals surface area contributed by atoms with E-state index in [0.29, 0.717) is 24.0 Å². The Kier molecular flexibility index (Phi) is 4.88. The molecule has 0 aromatic carbocycles. The van der Waals surface area contributed by atoms with Gasteiger partial charge in [0.1, 0.15) is 0 Å². The van der Waals surface area contributed by atoms with Crippen LogP contribution in [-0.2, 0) is 4.79 Å². The summed E-state index contributed by atoms with van der Waals surface area (Å²) in [6.45, 7) is 4.45. The van der Waals surface area contributed by atoms with Crippen LogP contribution < -0.4 is 5.32 Å². The summed E-state index contributed by atoms with van der Waals surface area (Å²) in [7, 11) is 0. The zero-order chi connectivity index (χ0) is 14.8. The van der Waals surface area contributed by atoms with E-state index >= 15 is 0 Å². The van der Waals surface area contributed by atoms with Crippen molar-refractivity contribution in [3.05, 3.63) is 0 Å². The first-order valence-electron chi connectivity index (χ1n) is 9.32. The fourth-order valence-electron chi connectivity index (χ4n) is 4.84. The van der Waals surface area contributed by atoms with Gasteiger partial charge in [0, 0.05) is 6.04 Å². The average Bonchev–Trinajstić information content (AvgIpc) is 3.15. The number of nitrogens with zero attached hydrogens (tertiary/aromatic N) is 1. The highest BCUT2D eigenvalue weighted by Gasteiger charge is 2.45. The second-order valence-electron chi connectivity index (χ2n) is 7.45. The lowest BCUT2D eigenvalue weighted by atomic mass is 9.83. The summed E-state index contributed by atoms with van der Waals surface area (Å²) in [6, 6.07) is 0.592. The Hall–Kier alpha value is -0.570. The van der Waals surface area contributed by atoms with Crippen molar-refractivity contribution in [2.75, 3.05) is 0 Å². The molecule has 120 valence electrons. The van der Waals surface area contributed by atoms with Gasteiger partial charge >= 0.3 is 0 Å². The third-order valence-corrected chi connectivity index (χ3v) is 6.27. The van der Waals surface area contributed by atoms with Crippen molar-refractivity contribution in [2.24, 2.45) is 11.8 Å². The number of rotatable bonds is 4. The van der Waals surface area contributed by atoms with E-state index in [1.165, 1.54) is 57.8 Å². The van der Waals surface area contributed by atoms with Gasteiger partial charge in [-0.2, -0.15) is 0 Å². The highest BCUT2D eigenvalue weighted by atomic mass is 16.2. The van der Waals surface area contributed by atoms with E-state index in [1.807, 2.05) is 0 Å². The molecule has 2 unspecified atom stereocenters. The van der Waals surface area contributed by atoms with Crippen molar-refractivity contribution in [1.29, 1.82) is 0 Å². The fraction of sp³-hybridized carbons (Fsp3) is 0.944. The summed E-state index contributed by atoms with van der Waals surface area (Å²) >= 11 is 0. The van der Waals surface area contributed by atoms with Crippen LogP contribution in [0.2, 0.25) is 0 Å². The lowest BCUT2D eigenvalue weighted by Crippen LogP contribution is -2.49. The first-order chi connectivity index (χ1) is 10.2. The van der Waals surface area contributed by atoms with E-state index in [4.69, 9.17) is 0 Å². The molecule has 0 spiro atoms. The molecule has 1 N–H and O–H groups in total. The predicted molar refractivity (Wildman–Crippen MR) is 85.8 cm³/mol. The minimum absolute atomic E-state index is 0.0829. The van der Waals surface area contributed by atoms with Crippen LogP contribution in [-0.4, -0.2) is 29.1 Å². The molecule has 2 atom stereocenters. The normalized spacial score (nSPS) is 38.4. The van der Waals surface area contributed by atoms with Gasteiger partial charge < -0.3 is 4.90 Å². The topological polar surface area (TPSA) is 32.3 Å². The second-order valence-corrected chi connectivity index (χ2v) is 7.45. The summed E-state index contributed by atoms with van der Waals surface area (Å²) < 4.78 is 0. The van der Waals surface area contributed by atoms with Crippen molar-refractivity contribution < 1.29 is 4.79 Å². The molecule has 1 amide bonds. The third kappa shape index (κ3) is 2.99. The van der Waals surface area contributed by atoms with Crippen molar-refractivity contribution in [2.45, 2.75) is 96.3 Å². The van der Waals surface area contributed by atoms with Gasteiger partial charge in [-0.05, 0) is 56.8 Å². The molecule has 0 aromatic heterocycles. The summed E-state index contributed by atoms with van der Waals surface area (Å²) in [5, 5.41) is 3.68. The number of carbonyl (C=O) groups excluding carboxylic acids is 1. The molecular formula is C18H32N2O. The minimum atomic E-state index is 0.0829. The van der Waals surface area contributed by atoms with Crippen LogP contribution in [0.5, 0.6) is 0 Å². The van der Waals surface area contributed by atoms with Crippen LogP contribution in [0.4, 0.5) is 0 Å². The third-order valence-electron chi connectivity index (χ3n) is 6.27. The molecule has 2 saturated carbocycles. The van der Waals surface area contributed by atoms with Crippen molar-refractivity contribution in [1.82, 2.24) is 10.2 Å². The molecule has 3 rings (SSSR count). The fourth-order valence-corrected chi connectivity index (χ4v) is 4.84. The molecule has 3 nitrogen and oxygen atoms in total. The van der Waals surface area contributed by atoms with Gasteiger partial charge in [-0.15, -0.1) is 0 Å². The average molecular weight is 292 g/mol. The van der Waals surface area contributed by atoms with E-state index in [9.17, 15) is 4.79 Å².